The normalized spacial score (nSPS) is 11.4. The van der Waals surface area contributed by atoms with Crippen LogP contribution in [0.25, 0.3) is 0 Å². The lowest BCUT2D eigenvalue weighted by Crippen LogP contribution is -2.36. The van der Waals surface area contributed by atoms with Crippen molar-refractivity contribution in [3.63, 3.8) is 0 Å². The quantitative estimate of drug-likeness (QED) is 0.261. The zero-order chi connectivity index (χ0) is 19.8. The van der Waals surface area contributed by atoms with Crippen molar-refractivity contribution >= 4 is 41.3 Å². The van der Waals surface area contributed by atoms with E-state index in [2.05, 4.69) is 70.2 Å². The molecule has 0 saturated carbocycles. The Kier molecular flexibility index (Phi) is 9.59. The average Bonchev–Trinajstić information content (AvgIpc) is 3.34. The zero-order valence-corrected chi connectivity index (χ0v) is 20.3. The first-order chi connectivity index (χ1) is 13.6. The summed E-state index contributed by atoms with van der Waals surface area (Å²) >= 11 is 1.69. The molecule has 29 heavy (non-hydrogen) atoms. The minimum atomic E-state index is 0. The molecule has 8 heteroatoms. The van der Waals surface area contributed by atoms with E-state index in [-0.39, 0.29) is 24.0 Å². The fourth-order valence-corrected chi connectivity index (χ4v) is 3.58. The topological polar surface area (TPSA) is 67.1 Å². The van der Waals surface area contributed by atoms with Crippen LogP contribution >= 0.6 is 35.3 Å². The van der Waals surface area contributed by atoms with Crippen molar-refractivity contribution in [1.82, 2.24) is 25.4 Å². The van der Waals surface area contributed by atoms with Crippen LogP contribution in [-0.2, 0) is 19.6 Å². The second kappa shape index (κ2) is 11.9. The van der Waals surface area contributed by atoms with Crippen molar-refractivity contribution in [3.8, 4) is 0 Å². The summed E-state index contributed by atoms with van der Waals surface area (Å²) < 4.78 is 1.95. The predicted octanol–water partition coefficient (Wildman–Crippen LogP) is 4.38. The van der Waals surface area contributed by atoms with Crippen LogP contribution in [0.2, 0.25) is 0 Å². The summed E-state index contributed by atoms with van der Waals surface area (Å²) in [5, 5.41) is 14.3. The van der Waals surface area contributed by atoms with Gasteiger partial charge in [-0.2, -0.15) is 5.10 Å². The number of hydrogen-bond acceptors (Lipinski definition) is 4. The van der Waals surface area contributed by atoms with E-state index in [0.717, 1.165) is 35.3 Å². The fraction of sp³-hybridized carbons (Fsp3) is 0.381. The molecule has 0 spiro atoms. The van der Waals surface area contributed by atoms with E-state index in [1.807, 2.05) is 29.1 Å². The number of hydrogen-bond donors (Lipinski definition) is 2. The van der Waals surface area contributed by atoms with Crippen LogP contribution in [0, 0.1) is 0 Å². The third kappa shape index (κ3) is 7.43. The van der Waals surface area contributed by atoms with E-state index in [4.69, 9.17) is 0 Å². The highest BCUT2D eigenvalue weighted by atomic mass is 127. The Morgan fingerprint density at radius 1 is 1.17 bits per heavy atom. The molecule has 0 bridgehead atoms. The second-order valence-electron chi connectivity index (χ2n) is 6.90. The molecule has 0 saturated heterocycles. The Morgan fingerprint density at radius 3 is 2.66 bits per heavy atom. The van der Waals surface area contributed by atoms with E-state index >= 15 is 0 Å². The standard InChI is InChI=1S/C21H28N6S.HI/c1-4-22-21(24-12-20-26-19(15-28-20)16(2)3)23-10-18-11-25-27(14-18)13-17-8-6-5-7-9-17;/h5-9,11,14-16H,4,10,12-13H2,1-3H3,(H2,22,23,24);1H. The van der Waals surface area contributed by atoms with Crippen LogP contribution in [0.15, 0.2) is 53.1 Å². The lowest BCUT2D eigenvalue weighted by molar-refractivity contribution is 0.686. The smallest absolute Gasteiger partial charge is 0.191 e. The van der Waals surface area contributed by atoms with E-state index < -0.39 is 0 Å². The number of nitrogens with one attached hydrogen (secondary N) is 2. The first kappa shape index (κ1) is 23.3. The van der Waals surface area contributed by atoms with Crippen molar-refractivity contribution in [1.29, 1.82) is 0 Å². The van der Waals surface area contributed by atoms with Crippen molar-refractivity contribution in [3.05, 3.63) is 69.9 Å². The molecule has 0 aliphatic carbocycles. The van der Waals surface area contributed by atoms with Crippen LogP contribution in [0.5, 0.6) is 0 Å². The van der Waals surface area contributed by atoms with Gasteiger partial charge in [-0.05, 0) is 18.4 Å². The Labute approximate surface area is 193 Å². The molecule has 2 heterocycles. The molecule has 3 rings (SSSR count). The number of guanidine groups is 1. The average molecular weight is 524 g/mol. The number of rotatable bonds is 8. The molecule has 2 aromatic heterocycles. The first-order valence-corrected chi connectivity index (χ1v) is 10.5. The van der Waals surface area contributed by atoms with Crippen LogP contribution in [0.1, 0.15) is 48.5 Å². The van der Waals surface area contributed by atoms with Gasteiger partial charge in [0.15, 0.2) is 5.96 Å². The number of nitrogens with zero attached hydrogens (tertiary/aromatic N) is 4. The summed E-state index contributed by atoms with van der Waals surface area (Å²) in [5.74, 6) is 1.25. The van der Waals surface area contributed by atoms with Gasteiger partial charge in [0.1, 0.15) is 5.01 Å². The van der Waals surface area contributed by atoms with Gasteiger partial charge in [0.25, 0.3) is 0 Å². The van der Waals surface area contributed by atoms with Gasteiger partial charge in [-0.1, -0.05) is 44.2 Å². The van der Waals surface area contributed by atoms with Gasteiger partial charge in [-0.15, -0.1) is 35.3 Å². The van der Waals surface area contributed by atoms with E-state index in [1.165, 1.54) is 5.56 Å². The van der Waals surface area contributed by atoms with Gasteiger partial charge in [0.2, 0.25) is 0 Å². The minimum absolute atomic E-state index is 0. The highest BCUT2D eigenvalue weighted by Crippen LogP contribution is 2.17. The summed E-state index contributed by atoms with van der Waals surface area (Å²) in [5.41, 5.74) is 3.47. The molecule has 0 unspecified atom stereocenters. The van der Waals surface area contributed by atoms with Gasteiger partial charge < -0.3 is 10.6 Å². The molecule has 0 atom stereocenters. The Bertz CT molecular complexity index is 887. The van der Waals surface area contributed by atoms with Gasteiger partial charge >= 0.3 is 0 Å². The molecule has 6 nitrogen and oxygen atoms in total. The third-order valence-electron chi connectivity index (χ3n) is 4.21. The van der Waals surface area contributed by atoms with Crippen molar-refractivity contribution in [2.24, 2.45) is 4.99 Å². The van der Waals surface area contributed by atoms with Crippen LogP contribution in [-0.4, -0.2) is 27.3 Å². The van der Waals surface area contributed by atoms with Crippen molar-refractivity contribution < 1.29 is 0 Å². The fourth-order valence-electron chi connectivity index (χ4n) is 2.69. The monoisotopic (exact) mass is 524 g/mol. The summed E-state index contributed by atoms with van der Waals surface area (Å²) in [4.78, 5) is 9.34. The Morgan fingerprint density at radius 2 is 1.97 bits per heavy atom. The molecule has 0 aliphatic rings. The first-order valence-electron chi connectivity index (χ1n) is 9.65. The molecule has 0 amide bonds. The zero-order valence-electron chi connectivity index (χ0n) is 17.1. The van der Waals surface area contributed by atoms with Crippen molar-refractivity contribution in [2.45, 2.75) is 46.3 Å². The number of thiazole rings is 1. The molecule has 0 fully saturated rings. The highest BCUT2D eigenvalue weighted by Gasteiger charge is 2.07. The summed E-state index contributed by atoms with van der Waals surface area (Å²) in [6, 6.07) is 10.3. The van der Waals surface area contributed by atoms with Gasteiger partial charge in [-0.3, -0.25) is 4.68 Å². The molecule has 1 aromatic carbocycles. The molecular formula is C21H29IN6S. The Balaban J connectivity index is 0.00000300. The summed E-state index contributed by atoms with van der Waals surface area (Å²) in [6.45, 7) is 9.23. The van der Waals surface area contributed by atoms with E-state index in [9.17, 15) is 0 Å². The SMILES string of the molecule is CCNC(=NCc1cnn(Cc2ccccc2)c1)NCc1nc(C(C)C)cs1.I. The maximum atomic E-state index is 4.68. The summed E-state index contributed by atoms with van der Waals surface area (Å²) in [6.07, 6.45) is 3.93. The van der Waals surface area contributed by atoms with Gasteiger partial charge in [0.05, 0.1) is 31.5 Å². The largest absolute Gasteiger partial charge is 0.357 e. The lowest BCUT2D eigenvalue weighted by Gasteiger charge is -2.09. The molecule has 156 valence electrons. The predicted molar refractivity (Wildman–Crippen MR) is 131 cm³/mol. The summed E-state index contributed by atoms with van der Waals surface area (Å²) in [7, 11) is 0. The molecular weight excluding hydrogens is 495 g/mol. The lowest BCUT2D eigenvalue weighted by atomic mass is 10.2. The molecule has 0 radical (unpaired) electrons. The number of aliphatic imine (C=N–C) groups is 1. The minimum Gasteiger partial charge on any atom is -0.357 e. The van der Waals surface area contributed by atoms with E-state index in [0.29, 0.717) is 19.0 Å². The van der Waals surface area contributed by atoms with E-state index in [1.54, 1.807) is 11.3 Å². The maximum absolute atomic E-state index is 4.68. The van der Waals surface area contributed by atoms with Gasteiger partial charge in [-0.25, -0.2) is 9.98 Å². The molecule has 3 aromatic rings. The van der Waals surface area contributed by atoms with Crippen LogP contribution in [0.3, 0.4) is 0 Å². The van der Waals surface area contributed by atoms with Gasteiger partial charge in [0, 0.05) is 23.7 Å². The Hall–Kier alpha value is -1.94. The highest BCUT2D eigenvalue weighted by molar-refractivity contribution is 14.0. The maximum Gasteiger partial charge on any atom is 0.191 e. The molecule has 2 N–H and O–H groups in total. The second-order valence-corrected chi connectivity index (χ2v) is 7.84. The number of aromatic nitrogens is 3. The van der Waals surface area contributed by atoms with Crippen LogP contribution in [0.4, 0.5) is 0 Å². The van der Waals surface area contributed by atoms with Crippen molar-refractivity contribution in [2.75, 3.05) is 6.54 Å². The third-order valence-corrected chi connectivity index (χ3v) is 5.07. The molecule has 0 aliphatic heterocycles. The number of halogens is 1. The van der Waals surface area contributed by atoms with Crippen LogP contribution < -0.4 is 10.6 Å². The number of benzene rings is 1.